The summed E-state index contributed by atoms with van der Waals surface area (Å²) in [5.74, 6) is 0.500. The number of aromatic nitrogens is 3. The smallest absolute Gasteiger partial charge is 0.141 e. The number of anilines is 1. The molecule has 2 aromatic heterocycles. The second kappa shape index (κ2) is 4.55. The van der Waals surface area contributed by atoms with Gasteiger partial charge in [0.15, 0.2) is 0 Å². The summed E-state index contributed by atoms with van der Waals surface area (Å²) in [7, 11) is 0. The van der Waals surface area contributed by atoms with Crippen LogP contribution in [0.3, 0.4) is 0 Å². The van der Waals surface area contributed by atoms with Crippen molar-refractivity contribution in [2.75, 3.05) is 5.73 Å². The zero-order valence-corrected chi connectivity index (χ0v) is 12.6. The first-order valence-electron chi connectivity index (χ1n) is 5.72. The molecule has 2 heterocycles. The van der Waals surface area contributed by atoms with Crippen LogP contribution in [-0.4, -0.2) is 14.8 Å². The van der Waals surface area contributed by atoms with Crippen molar-refractivity contribution in [2.45, 2.75) is 39.7 Å². The summed E-state index contributed by atoms with van der Waals surface area (Å²) in [6.45, 7) is 8.86. The van der Waals surface area contributed by atoms with Crippen LogP contribution in [0.25, 0.3) is 0 Å². The molecule has 0 aliphatic carbocycles. The summed E-state index contributed by atoms with van der Waals surface area (Å²) in [4.78, 5) is 4.62. The molecular formula is C12H17ClN4S. The average molecular weight is 285 g/mol. The maximum atomic E-state index is 6.02. The Morgan fingerprint density at radius 3 is 2.56 bits per heavy atom. The highest BCUT2D eigenvalue weighted by atomic mass is 35.5. The molecule has 0 fully saturated rings. The van der Waals surface area contributed by atoms with Crippen molar-refractivity contribution < 1.29 is 0 Å². The van der Waals surface area contributed by atoms with Crippen molar-refractivity contribution in [3.63, 3.8) is 0 Å². The molecule has 0 spiro atoms. The second-order valence-electron chi connectivity index (χ2n) is 5.34. The van der Waals surface area contributed by atoms with E-state index in [1.54, 1.807) is 16.0 Å². The van der Waals surface area contributed by atoms with Gasteiger partial charge in [0, 0.05) is 10.8 Å². The number of nitrogens with zero attached hydrogens (tertiary/aromatic N) is 3. The number of halogens is 1. The number of nitrogens with two attached hydrogens (primary N) is 1. The Morgan fingerprint density at radius 2 is 2.11 bits per heavy atom. The molecule has 0 atom stereocenters. The number of nitrogen functional groups attached to an aromatic ring is 1. The predicted octanol–water partition coefficient (Wildman–Crippen LogP) is 3.23. The van der Waals surface area contributed by atoms with Crippen molar-refractivity contribution >= 4 is 28.8 Å². The van der Waals surface area contributed by atoms with E-state index in [-0.39, 0.29) is 5.41 Å². The molecule has 0 unspecified atom stereocenters. The molecule has 0 aliphatic rings. The highest BCUT2D eigenvalue weighted by Crippen LogP contribution is 2.27. The zero-order chi connectivity index (χ0) is 13.5. The first-order valence-corrected chi connectivity index (χ1v) is 6.98. The molecule has 4 nitrogen and oxygen atoms in total. The average Bonchev–Trinajstić information content (AvgIpc) is 2.81. The summed E-state index contributed by atoms with van der Waals surface area (Å²) in [6, 6.07) is 0. The van der Waals surface area contributed by atoms with Gasteiger partial charge in [0.1, 0.15) is 10.8 Å². The Bertz CT molecular complexity index is 565. The molecule has 2 N–H and O–H groups in total. The zero-order valence-electron chi connectivity index (χ0n) is 11.0. The van der Waals surface area contributed by atoms with Crippen molar-refractivity contribution in [2.24, 2.45) is 0 Å². The van der Waals surface area contributed by atoms with Crippen molar-refractivity contribution in [3.05, 3.63) is 26.8 Å². The minimum Gasteiger partial charge on any atom is -0.383 e. The van der Waals surface area contributed by atoms with Crippen molar-refractivity contribution in [1.29, 1.82) is 0 Å². The summed E-state index contributed by atoms with van der Waals surface area (Å²) >= 11 is 7.68. The van der Waals surface area contributed by atoms with E-state index in [4.69, 9.17) is 17.3 Å². The molecule has 0 aromatic carbocycles. The summed E-state index contributed by atoms with van der Waals surface area (Å²) in [5, 5.41) is 7.99. The van der Waals surface area contributed by atoms with E-state index in [2.05, 4.69) is 30.9 Å². The molecular weight excluding hydrogens is 268 g/mol. The van der Waals surface area contributed by atoms with Gasteiger partial charge in [0.05, 0.1) is 22.9 Å². The second-order valence-corrected chi connectivity index (χ2v) is 6.57. The molecule has 0 saturated heterocycles. The molecule has 0 saturated carbocycles. The van der Waals surface area contributed by atoms with E-state index in [0.717, 1.165) is 16.4 Å². The third-order valence-corrected chi connectivity index (χ3v) is 4.38. The molecule has 0 bridgehead atoms. The van der Waals surface area contributed by atoms with Crippen LogP contribution >= 0.6 is 22.9 Å². The highest BCUT2D eigenvalue weighted by molar-refractivity contribution is 7.09. The van der Waals surface area contributed by atoms with Gasteiger partial charge < -0.3 is 5.73 Å². The molecule has 6 heteroatoms. The minimum absolute atomic E-state index is 0.0755. The molecule has 0 amide bonds. The first kappa shape index (κ1) is 13.4. The van der Waals surface area contributed by atoms with Crippen LogP contribution in [0.2, 0.25) is 5.02 Å². The van der Waals surface area contributed by atoms with Crippen LogP contribution < -0.4 is 5.73 Å². The highest BCUT2D eigenvalue weighted by Gasteiger charge is 2.18. The van der Waals surface area contributed by atoms with E-state index in [9.17, 15) is 0 Å². The van der Waals surface area contributed by atoms with Crippen LogP contribution in [0.1, 0.15) is 37.2 Å². The monoisotopic (exact) mass is 284 g/mol. The predicted molar refractivity (Wildman–Crippen MR) is 76.3 cm³/mol. The van der Waals surface area contributed by atoms with Crippen LogP contribution in [0.4, 0.5) is 5.82 Å². The number of hydrogen-bond donors (Lipinski definition) is 1. The van der Waals surface area contributed by atoms with Crippen LogP contribution in [0, 0.1) is 6.92 Å². The fourth-order valence-corrected chi connectivity index (χ4v) is 2.61. The van der Waals surface area contributed by atoms with Crippen molar-refractivity contribution in [3.8, 4) is 0 Å². The van der Waals surface area contributed by atoms with Gasteiger partial charge >= 0.3 is 0 Å². The lowest BCUT2D eigenvalue weighted by Crippen LogP contribution is -2.11. The topological polar surface area (TPSA) is 56.7 Å². The van der Waals surface area contributed by atoms with Gasteiger partial charge in [-0.25, -0.2) is 9.67 Å². The van der Waals surface area contributed by atoms with Gasteiger partial charge in [-0.2, -0.15) is 5.10 Å². The first-order chi connectivity index (χ1) is 8.29. The SMILES string of the molecule is Cc1nn(Cc2csc(C(C)(C)C)n2)c(N)c1Cl. The minimum atomic E-state index is 0.0755. The normalized spacial score (nSPS) is 12.1. The molecule has 0 aliphatic heterocycles. The molecule has 2 aromatic rings. The Morgan fingerprint density at radius 1 is 1.44 bits per heavy atom. The number of rotatable bonds is 2. The summed E-state index contributed by atoms with van der Waals surface area (Å²) in [5.41, 5.74) is 7.68. The lowest BCUT2D eigenvalue weighted by Gasteiger charge is -2.13. The van der Waals surface area contributed by atoms with E-state index in [1.165, 1.54) is 0 Å². The van der Waals surface area contributed by atoms with E-state index >= 15 is 0 Å². The van der Waals surface area contributed by atoms with E-state index in [0.29, 0.717) is 17.4 Å². The van der Waals surface area contributed by atoms with Crippen LogP contribution in [0.5, 0.6) is 0 Å². The third-order valence-electron chi connectivity index (χ3n) is 2.60. The van der Waals surface area contributed by atoms with Gasteiger partial charge in [-0.1, -0.05) is 32.4 Å². The van der Waals surface area contributed by atoms with Gasteiger partial charge in [0.25, 0.3) is 0 Å². The lowest BCUT2D eigenvalue weighted by molar-refractivity contribution is 0.579. The fraction of sp³-hybridized carbons (Fsp3) is 0.500. The number of aryl methyl sites for hydroxylation is 1. The van der Waals surface area contributed by atoms with Crippen molar-refractivity contribution in [1.82, 2.24) is 14.8 Å². The Kier molecular flexibility index (Phi) is 3.38. The standard InChI is InChI=1S/C12H17ClN4S/c1-7-9(13)10(14)17(16-7)5-8-6-18-11(15-8)12(2,3)4/h6H,5,14H2,1-4H3. The lowest BCUT2D eigenvalue weighted by atomic mass is 9.98. The quantitative estimate of drug-likeness (QED) is 0.921. The van der Waals surface area contributed by atoms with Gasteiger partial charge in [-0.3, -0.25) is 0 Å². The number of hydrogen-bond acceptors (Lipinski definition) is 4. The van der Waals surface area contributed by atoms with Crippen LogP contribution in [0.15, 0.2) is 5.38 Å². The van der Waals surface area contributed by atoms with E-state index < -0.39 is 0 Å². The Labute approximate surface area is 116 Å². The maximum Gasteiger partial charge on any atom is 0.141 e. The Balaban J connectivity index is 2.24. The van der Waals surface area contributed by atoms with Gasteiger partial charge in [-0.05, 0) is 6.92 Å². The van der Waals surface area contributed by atoms with Crippen LogP contribution in [-0.2, 0) is 12.0 Å². The molecule has 2 rings (SSSR count). The fourth-order valence-electron chi connectivity index (χ4n) is 1.58. The number of thiazole rings is 1. The van der Waals surface area contributed by atoms with Gasteiger partial charge in [0.2, 0.25) is 0 Å². The molecule has 0 radical (unpaired) electrons. The van der Waals surface area contributed by atoms with E-state index in [1.807, 2.05) is 12.3 Å². The summed E-state index contributed by atoms with van der Waals surface area (Å²) in [6.07, 6.45) is 0. The maximum absolute atomic E-state index is 6.02. The largest absolute Gasteiger partial charge is 0.383 e. The molecule has 18 heavy (non-hydrogen) atoms. The summed E-state index contributed by atoms with van der Waals surface area (Å²) < 4.78 is 1.69. The Hall–Kier alpha value is -1.07. The van der Waals surface area contributed by atoms with Gasteiger partial charge in [-0.15, -0.1) is 11.3 Å². The third kappa shape index (κ3) is 2.52. The molecule has 98 valence electrons.